The molecule has 0 saturated carbocycles. The quantitative estimate of drug-likeness (QED) is 0.0132. The van der Waals surface area contributed by atoms with E-state index in [9.17, 15) is 51.5 Å². The molecule has 13 amide bonds. The van der Waals surface area contributed by atoms with Gasteiger partial charge in [-0.05, 0) is 130 Å². The molecule has 0 aliphatic heterocycles. The average Bonchev–Trinajstić information content (AvgIpc) is 1.71. The highest BCUT2D eigenvalue weighted by Crippen LogP contribution is 2.24. The van der Waals surface area contributed by atoms with Gasteiger partial charge in [0.1, 0.15) is 66.5 Å². The Kier molecular flexibility index (Phi) is 45.8. The van der Waals surface area contributed by atoms with Gasteiger partial charge >= 0.3 is 12.1 Å². The Morgan fingerprint density at radius 1 is 0.408 bits per heavy atom. The van der Waals surface area contributed by atoms with E-state index in [1.54, 1.807) is 118 Å². The number of carbonyl (C=O) groups excluding carboxylic acids is 13. The number of aliphatic carboxylic acids is 1. The fourth-order valence-electron chi connectivity index (χ4n) is 13.0. The van der Waals surface area contributed by atoms with Crippen molar-refractivity contribution in [1.82, 2.24) is 68.5 Å². The van der Waals surface area contributed by atoms with Crippen molar-refractivity contribution in [3.8, 4) is 0 Å². The highest BCUT2D eigenvalue weighted by Gasteiger charge is 2.41. The second-order valence-electron chi connectivity index (χ2n) is 31.8. The third-order valence-corrected chi connectivity index (χ3v) is 20.6. The molecule has 0 aliphatic carbocycles. The first-order chi connectivity index (χ1) is 58.7. The number of carbonyl (C=O) groups is 14. The number of aromatic nitrogens is 2. The molecule has 0 spiro atoms. The maximum atomic E-state index is 15.3. The number of benzene rings is 2. The molecule has 0 aliphatic rings. The number of guanidine groups is 3. The topological polar surface area (TPSA) is 720 Å². The van der Waals surface area contributed by atoms with Crippen molar-refractivity contribution in [3.05, 3.63) is 72.1 Å². The van der Waals surface area contributed by atoms with Crippen molar-refractivity contribution in [2.45, 2.75) is 251 Å². The molecule has 0 radical (unpaired) electrons. The number of rotatable bonds is 54. The lowest BCUT2D eigenvalue weighted by Gasteiger charge is -2.31. The number of amides is 13. The predicted octanol–water partition coefficient (Wildman–Crippen LogP) is -1.78. The molecule has 2 aromatic heterocycles. The number of aliphatic imine (C=N–C) groups is 3. The van der Waals surface area contributed by atoms with Gasteiger partial charge in [0.25, 0.3) is 0 Å². The number of para-hydroxylation sites is 2. The molecule has 0 unspecified atom stereocenters. The molecule has 41 nitrogen and oxygen atoms in total. The number of primary amides is 2. The highest BCUT2D eigenvalue weighted by molar-refractivity contribution is 6.01. The molecule has 0 bridgehead atoms. The average molecular weight is 1770 g/mol. The van der Waals surface area contributed by atoms with Crippen molar-refractivity contribution in [1.29, 1.82) is 0 Å². The largest absolute Gasteiger partial charge is 0.490 e. The molecular weight excluding hydrogens is 1630 g/mol. The van der Waals surface area contributed by atoms with Crippen LogP contribution in [0, 0.1) is 29.6 Å². The van der Waals surface area contributed by atoms with Crippen LogP contribution < -0.4 is 116 Å². The minimum absolute atomic E-state index is 0.00419. The number of nitrogens with one attached hydrogen (secondary N) is 13. The van der Waals surface area contributed by atoms with Gasteiger partial charge in [0.2, 0.25) is 76.8 Å². The normalized spacial score (nSPS) is 14.7. The van der Waals surface area contributed by atoms with E-state index in [-0.39, 0.29) is 126 Å². The lowest BCUT2D eigenvalue weighted by Crippen LogP contribution is -2.62. The zero-order chi connectivity index (χ0) is 94.1. The van der Waals surface area contributed by atoms with E-state index in [0.717, 1.165) is 0 Å². The van der Waals surface area contributed by atoms with Crippen LogP contribution in [0.2, 0.25) is 0 Å². The van der Waals surface area contributed by atoms with Gasteiger partial charge in [-0.15, -0.1) is 0 Å². The Hall–Kier alpha value is -12.4. The first-order valence-electron chi connectivity index (χ1n) is 41.7. The summed E-state index contributed by atoms with van der Waals surface area (Å²) in [5.74, 6) is -16.7. The monoisotopic (exact) mass is 1770 g/mol. The van der Waals surface area contributed by atoms with E-state index in [1.165, 1.54) is 0 Å². The fourth-order valence-corrected chi connectivity index (χ4v) is 13.0. The lowest BCUT2D eigenvalue weighted by atomic mass is 9.95. The van der Waals surface area contributed by atoms with Crippen LogP contribution in [0.1, 0.15) is 170 Å². The number of hydrogen-bond acceptors (Lipinski definition) is 19. The summed E-state index contributed by atoms with van der Waals surface area (Å²) in [7, 11) is 0. The first-order valence-corrected chi connectivity index (χ1v) is 41.7. The summed E-state index contributed by atoms with van der Waals surface area (Å²) in [4.78, 5) is 214. The SMILES string of the molecule is CC[C@H](C)[C@H](NC(=O)[C@H](CCCN=C(N)N)NC(=O)[C@H](Cc1c[nH]c2ccccc12)NC(=O)[C@@H](NC(=O)[C@@H](NC(=O)[C@H](CC(C)C)NC(=O)[C@H](Cc1c[nH]c2ccccc12)NC(=O)[C@H](CCCN=C(N)N)NC(=O)[C@H](CCC(N)=O)NC(=O)[C@@H](N)C(C)C)[C@@H](C)CC)C(C)C)C(=O)N[C@@H](CCCN=C(N)N)C(=O)N[C@@H](CCCCN)C(N)=O.O=C(O)C(F)(F)F. The van der Waals surface area contributed by atoms with Gasteiger partial charge in [-0.1, -0.05) is 118 Å². The maximum Gasteiger partial charge on any atom is 0.490 e. The van der Waals surface area contributed by atoms with Crippen molar-refractivity contribution >= 4 is 122 Å². The molecule has 0 saturated heterocycles. The summed E-state index contributed by atoms with van der Waals surface area (Å²) in [6.07, 6.45) is -0.823. The van der Waals surface area contributed by atoms with E-state index in [2.05, 4.69) is 83.4 Å². The number of carboxylic acids is 1. The van der Waals surface area contributed by atoms with Gasteiger partial charge in [0.15, 0.2) is 17.9 Å². The zero-order valence-corrected chi connectivity index (χ0v) is 72.6. The Balaban J connectivity index is 0.00000550. The van der Waals surface area contributed by atoms with Crippen LogP contribution in [0.4, 0.5) is 13.2 Å². The molecule has 0 fully saturated rings. The Morgan fingerprint density at radius 3 is 1.10 bits per heavy atom. The summed E-state index contributed by atoms with van der Waals surface area (Å²) in [5.41, 5.74) is 59.2. The number of nitrogens with two attached hydrogens (primary N) is 10. The van der Waals surface area contributed by atoms with Crippen molar-refractivity contribution in [3.63, 3.8) is 0 Å². The molecule has 14 atom stereocenters. The minimum Gasteiger partial charge on any atom is -0.475 e. The van der Waals surface area contributed by atoms with Crippen molar-refractivity contribution < 1.29 is 85.4 Å². The third-order valence-electron chi connectivity index (χ3n) is 20.6. The van der Waals surface area contributed by atoms with Crippen LogP contribution in [0.15, 0.2) is 75.9 Å². The predicted molar refractivity (Wildman–Crippen MR) is 465 cm³/mol. The maximum absolute atomic E-state index is 15.3. The summed E-state index contributed by atoms with van der Waals surface area (Å²) >= 11 is 0. The molecule has 2 heterocycles. The number of fused-ring (bicyclic) bond motifs is 2. The number of hydrogen-bond donors (Lipinski definition) is 24. The number of aromatic amines is 2. The molecule has 2 aromatic carbocycles. The van der Waals surface area contributed by atoms with Crippen LogP contribution in [0.5, 0.6) is 0 Å². The van der Waals surface area contributed by atoms with E-state index in [0.29, 0.717) is 65.2 Å². The summed E-state index contributed by atoms with van der Waals surface area (Å²) < 4.78 is 31.7. The van der Waals surface area contributed by atoms with Crippen LogP contribution >= 0.6 is 0 Å². The van der Waals surface area contributed by atoms with E-state index in [4.69, 9.17) is 67.2 Å². The van der Waals surface area contributed by atoms with Gasteiger partial charge in [-0.2, -0.15) is 13.2 Å². The first kappa shape index (κ1) is 107. The highest BCUT2D eigenvalue weighted by atomic mass is 19.4. The van der Waals surface area contributed by atoms with Crippen LogP contribution in [0.25, 0.3) is 21.8 Å². The smallest absolute Gasteiger partial charge is 0.475 e. The number of nitrogens with zero attached hydrogens (tertiary/aromatic N) is 3. The van der Waals surface area contributed by atoms with Crippen LogP contribution in [0.3, 0.4) is 0 Å². The lowest BCUT2D eigenvalue weighted by molar-refractivity contribution is -0.192. The summed E-state index contributed by atoms with van der Waals surface area (Å²) in [6, 6.07) is -1.86. The Bertz CT molecular complexity index is 4330. The zero-order valence-electron chi connectivity index (χ0n) is 72.6. The molecule has 4 rings (SSSR count). The fraction of sp³-hybridized carbons (Fsp3) is 0.593. The summed E-state index contributed by atoms with van der Waals surface area (Å²) in [6.45, 7) is 17.7. The van der Waals surface area contributed by atoms with Crippen LogP contribution in [-0.2, 0) is 80.0 Å². The summed E-state index contributed by atoms with van der Waals surface area (Å²) in [5, 5.41) is 38.9. The van der Waals surface area contributed by atoms with Crippen LogP contribution in [-0.4, -0.2) is 221 Å². The standard InChI is InChI=1S/C79H130N26O13.C2HF3O2/c1-11-44(9)63(75(117)99-54(28-20-34-91-78(86)87)66(108)95-52(65(83)107)26-17-18-32-80)104-69(111)55(29-21-35-92-79(88)89)97-70(112)59(38-47-40-94-51-25-16-14-23-49(47)51)102-74(116)62(43(7)8)103-76(118)64(45(10)12-2)105-72(114)57(36-41(3)4)100-71(113)58(37-46-39-93-50-24-15-13-22-48(46)50)101-67(109)53(27-19-33-90-77(84)85)96-68(110)56(30-31-60(81)106)98-73(115)61(82)42(5)6;3-2(4,5)1(6)7/h13-16,22-25,39-45,52-59,61-64,93-94H,11-12,17-21,26-38,80,82H2,1-10H3,(H2,81,106)(H2,83,107)(H,95,108)(H,96,110)(H,97,112)(H,98,115)(H,99,117)(H,100,113)(H,101,109)(H,102,116)(H,103,118)(H,104,111)(H,105,114)(H4,84,85,90)(H4,86,87,91)(H4,88,89,92);(H,6,7)/t44-,45-,52-,53-,54-,55-,56-,57-,58-,59-,61-,62-,63-,64-;/m0./s1. The molecule has 44 heteroatoms. The van der Waals surface area contributed by atoms with Crippen molar-refractivity contribution in [2.24, 2.45) is 102 Å². The number of unbranched alkanes of at least 4 members (excludes halogenated alkanes) is 1. The second-order valence-corrected chi connectivity index (χ2v) is 31.8. The Morgan fingerprint density at radius 2 is 0.728 bits per heavy atom. The Labute approximate surface area is 724 Å². The number of H-pyrrole nitrogens is 2. The molecule has 696 valence electrons. The minimum atomic E-state index is -5.08. The van der Waals surface area contributed by atoms with Gasteiger partial charge in [0.05, 0.1) is 6.04 Å². The van der Waals surface area contributed by atoms with Gasteiger partial charge in [0, 0.05) is 73.1 Å². The van der Waals surface area contributed by atoms with Gasteiger partial charge in [-0.3, -0.25) is 77.3 Å². The molecule has 34 N–H and O–H groups in total. The molecule has 125 heavy (non-hydrogen) atoms. The van der Waals surface area contributed by atoms with Gasteiger partial charge < -0.3 is 131 Å². The number of alkyl halides is 3. The number of carboxylic acid groups (broad SMARTS) is 1. The third kappa shape index (κ3) is 37.7. The molecule has 4 aromatic rings. The van der Waals surface area contributed by atoms with E-state index in [1.807, 2.05) is 12.1 Å². The van der Waals surface area contributed by atoms with Crippen molar-refractivity contribution in [2.75, 3.05) is 26.2 Å². The van der Waals surface area contributed by atoms with E-state index >= 15 is 24.0 Å². The second kappa shape index (κ2) is 53.6. The number of halogens is 3. The van der Waals surface area contributed by atoms with E-state index < -0.39 is 179 Å². The molecular formula is C81H131F3N26O15. The van der Waals surface area contributed by atoms with Gasteiger partial charge in [-0.25, -0.2) is 4.79 Å².